The second-order valence-corrected chi connectivity index (χ2v) is 10.4. The molecule has 6 rings (SSSR count). The maximum atomic E-state index is 13.6. The Hall–Kier alpha value is -2.65. The summed E-state index contributed by atoms with van der Waals surface area (Å²) in [5.74, 6) is -1.09. The third-order valence-electron chi connectivity index (χ3n) is 8.02. The first-order chi connectivity index (χ1) is 16.3. The zero-order chi connectivity index (χ0) is 23.8. The molecule has 1 aromatic rings. The van der Waals surface area contributed by atoms with E-state index in [1.54, 1.807) is 12.0 Å². The molecule has 0 spiro atoms. The smallest absolute Gasteiger partial charge is 0.313 e. The molecule has 0 aliphatic carbocycles. The lowest BCUT2D eigenvalue weighted by Crippen LogP contribution is -2.68. The molecule has 5 heterocycles. The highest BCUT2D eigenvalue weighted by Crippen LogP contribution is 2.45. The van der Waals surface area contributed by atoms with Gasteiger partial charge in [-0.2, -0.15) is 0 Å². The number of hydrogen-bond acceptors (Lipinski definition) is 6. The largest absolute Gasteiger partial charge is 0.497 e. The van der Waals surface area contributed by atoms with Crippen molar-refractivity contribution in [3.05, 3.63) is 29.3 Å². The van der Waals surface area contributed by atoms with E-state index in [1.165, 1.54) is 4.90 Å². The second kappa shape index (κ2) is 7.68. The number of carbonyl (C=O) groups excluding carboxylic acids is 3. The molecule has 0 radical (unpaired) electrons. The summed E-state index contributed by atoms with van der Waals surface area (Å²) in [6.07, 6.45) is 2.52. The average Bonchev–Trinajstić information content (AvgIpc) is 3.33. The van der Waals surface area contributed by atoms with Gasteiger partial charge >= 0.3 is 11.8 Å². The van der Waals surface area contributed by atoms with E-state index in [1.807, 2.05) is 36.9 Å². The number of benzene rings is 1. The molecule has 34 heavy (non-hydrogen) atoms. The number of methoxy groups -OCH3 is 1. The number of ether oxygens (including phenoxy) is 3. The molecule has 1 aromatic carbocycles. The zero-order valence-corrected chi connectivity index (χ0v) is 19.9. The van der Waals surface area contributed by atoms with E-state index >= 15 is 0 Å². The van der Waals surface area contributed by atoms with Crippen LogP contribution in [-0.2, 0) is 30.3 Å². The van der Waals surface area contributed by atoms with Crippen LogP contribution in [0.1, 0.15) is 50.3 Å². The molecule has 9 heteroatoms. The van der Waals surface area contributed by atoms with Crippen molar-refractivity contribution >= 4 is 17.7 Å². The second-order valence-electron chi connectivity index (χ2n) is 10.4. The Balaban J connectivity index is 1.28. The molecule has 4 fully saturated rings. The number of piperazine rings is 1. The number of hydrogen-bond donors (Lipinski definition) is 0. The molecule has 5 unspecified atom stereocenters. The Bertz CT molecular complexity index is 1040. The van der Waals surface area contributed by atoms with Crippen LogP contribution < -0.4 is 4.74 Å². The molecule has 0 saturated carbocycles. The monoisotopic (exact) mass is 469 g/mol. The molecule has 5 aliphatic rings. The summed E-state index contributed by atoms with van der Waals surface area (Å²) in [4.78, 5) is 45.6. The third-order valence-corrected chi connectivity index (χ3v) is 8.02. The van der Waals surface area contributed by atoms with Gasteiger partial charge in [-0.05, 0) is 62.8 Å². The average molecular weight is 470 g/mol. The summed E-state index contributed by atoms with van der Waals surface area (Å²) in [7, 11) is 1.64. The number of fused-ring (bicyclic) bond motifs is 7. The Kier molecular flexibility index (Phi) is 4.94. The highest BCUT2D eigenvalue weighted by atomic mass is 16.8. The van der Waals surface area contributed by atoms with Crippen molar-refractivity contribution in [3.8, 4) is 5.75 Å². The number of piperidine rings is 1. The van der Waals surface area contributed by atoms with E-state index in [4.69, 9.17) is 14.2 Å². The standard InChI is InChI=1S/C25H31N3O6/c1-25(2)33-19-12-26(13-20(19)34-25)23(30)24(31)28-17-5-4-6-18(28)22(29)27-10-9-14-11-15(32-3)7-8-16(14)21(17)27/h7-8,11,17-21H,4-6,9-10,12-13H2,1-3H3. The Morgan fingerprint density at radius 1 is 1.09 bits per heavy atom. The van der Waals surface area contributed by atoms with E-state index in [-0.39, 0.29) is 30.2 Å². The molecule has 9 nitrogen and oxygen atoms in total. The summed E-state index contributed by atoms with van der Waals surface area (Å²) >= 11 is 0. The van der Waals surface area contributed by atoms with Gasteiger partial charge in [0.05, 0.1) is 32.3 Å². The highest BCUT2D eigenvalue weighted by molar-refractivity contribution is 6.35. The van der Waals surface area contributed by atoms with Crippen molar-refractivity contribution in [2.24, 2.45) is 0 Å². The van der Waals surface area contributed by atoms with Crippen LogP contribution in [0.2, 0.25) is 0 Å². The van der Waals surface area contributed by atoms with Crippen molar-refractivity contribution in [2.75, 3.05) is 26.7 Å². The van der Waals surface area contributed by atoms with Crippen molar-refractivity contribution < 1.29 is 28.6 Å². The van der Waals surface area contributed by atoms with Crippen LogP contribution in [0.4, 0.5) is 0 Å². The molecule has 3 amide bonds. The lowest BCUT2D eigenvalue weighted by molar-refractivity contribution is -0.174. The fraction of sp³-hybridized carbons (Fsp3) is 0.640. The van der Waals surface area contributed by atoms with E-state index in [0.29, 0.717) is 26.1 Å². The van der Waals surface area contributed by atoms with Crippen molar-refractivity contribution in [2.45, 2.75) is 75.7 Å². The van der Waals surface area contributed by atoms with Crippen LogP contribution in [-0.4, -0.2) is 89.2 Å². The van der Waals surface area contributed by atoms with E-state index in [9.17, 15) is 14.4 Å². The van der Waals surface area contributed by atoms with Gasteiger partial charge in [-0.1, -0.05) is 6.07 Å². The van der Waals surface area contributed by atoms with Gasteiger partial charge in [0.2, 0.25) is 5.91 Å². The van der Waals surface area contributed by atoms with E-state index in [2.05, 4.69) is 0 Å². The summed E-state index contributed by atoms with van der Waals surface area (Å²) in [5.41, 5.74) is 2.19. The van der Waals surface area contributed by atoms with Gasteiger partial charge in [0.15, 0.2) is 5.79 Å². The predicted octanol–water partition coefficient (Wildman–Crippen LogP) is 1.25. The SMILES string of the molecule is COc1ccc2c(c1)CCN1C(=O)C3CCCC(C21)N3C(=O)C(=O)N1CC2OC(C)(C)OC2C1. The first-order valence-corrected chi connectivity index (χ1v) is 12.2. The molecule has 2 bridgehead atoms. The van der Waals surface area contributed by atoms with Crippen molar-refractivity contribution in [1.82, 2.24) is 14.7 Å². The minimum Gasteiger partial charge on any atom is -0.497 e. The van der Waals surface area contributed by atoms with Gasteiger partial charge in [-0.25, -0.2) is 0 Å². The van der Waals surface area contributed by atoms with Crippen LogP contribution in [0, 0.1) is 0 Å². The highest BCUT2D eigenvalue weighted by Gasteiger charge is 2.55. The van der Waals surface area contributed by atoms with Crippen LogP contribution in [0.5, 0.6) is 5.75 Å². The summed E-state index contributed by atoms with van der Waals surface area (Å²) < 4.78 is 17.2. The zero-order valence-electron chi connectivity index (χ0n) is 19.9. The maximum absolute atomic E-state index is 13.6. The van der Waals surface area contributed by atoms with Crippen LogP contribution in [0.25, 0.3) is 0 Å². The maximum Gasteiger partial charge on any atom is 0.313 e. The van der Waals surface area contributed by atoms with Gasteiger partial charge in [0, 0.05) is 6.54 Å². The number of amides is 3. The topological polar surface area (TPSA) is 88.6 Å². The van der Waals surface area contributed by atoms with Gasteiger partial charge in [0.1, 0.15) is 24.0 Å². The Morgan fingerprint density at radius 2 is 1.82 bits per heavy atom. The summed E-state index contributed by atoms with van der Waals surface area (Å²) in [6, 6.07) is 4.92. The fourth-order valence-electron chi connectivity index (χ4n) is 6.63. The number of rotatable bonds is 1. The predicted molar refractivity (Wildman–Crippen MR) is 120 cm³/mol. The van der Waals surface area contributed by atoms with Crippen LogP contribution >= 0.6 is 0 Å². The molecular formula is C25H31N3O6. The molecule has 0 aromatic heterocycles. The number of nitrogens with zero attached hydrogens (tertiary/aromatic N) is 3. The van der Waals surface area contributed by atoms with Crippen LogP contribution in [0.15, 0.2) is 18.2 Å². The molecule has 182 valence electrons. The fourth-order valence-corrected chi connectivity index (χ4v) is 6.63. The normalized spacial score (nSPS) is 33.3. The van der Waals surface area contributed by atoms with Crippen molar-refractivity contribution in [1.29, 1.82) is 0 Å². The van der Waals surface area contributed by atoms with Gasteiger partial charge in [-0.3, -0.25) is 14.4 Å². The minimum atomic E-state index is -0.675. The first-order valence-electron chi connectivity index (χ1n) is 12.2. The summed E-state index contributed by atoms with van der Waals surface area (Å²) in [5, 5.41) is 0. The van der Waals surface area contributed by atoms with Gasteiger partial charge < -0.3 is 28.9 Å². The Morgan fingerprint density at radius 3 is 2.53 bits per heavy atom. The quantitative estimate of drug-likeness (QED) is 0.576. The van der Waals surface area contributed by atoms with Crippen molar-refractivity contribution in [3.63, 3.8) is 0 Å². The van der Waals surface area contributed by atoms with E-state index in [0.717, 1.165) is 36.1 Å². The lowest BCUT2D eigenvalue weighted by Gasteiger charge is -2.55. The molecule has 5 atom stereocenters. The minimum absolute atomic E-state index is 0.0460. The third kappa shape index (κ3) is 3.24. The number of carbonyl (C=O) groups is 3. The number of likely N-dealkylation sites (tertiary alicyclic amines) is 1. The summed E-state index contributed by atoms with van der Waals surface area (Å²) in [6.45, 7) is 4.98. The molecule has 4 saturated heterocycles. The molecule has 0 N–H and O–H groups in total. The Labute approximate surface area is 198 Å². The molecule has 5 aliphatic heterocycles. The van der Waals surface area contributed by atoms with Crippen LogP contribution in [0.3, 0.4) is 0 Å². The first kappa shape index (κ1) is 21.9. The van der Waals surface area contributed by atoms with Gasteiger partial charge in [-0.15, -0.1) is 0 Å². The molecular weight excluding hydrogens is 438 g/mol. The van der Waals surface area contributed by atoms with Gasteiger partial charge in [0.25, 0.3) is 0 Å². The lowest BCUT2D eigenvalue weighted by atomic mass is 9.78. The van der Waals surface area contributed by atoms with E-state index < -0.39 is 23.6 Å².